The molecule has 0 atom stereocenters. The van der Waals surface area contributed by atoms with Crippen molar-refractivity contribution in [1.29, 1.82) is 0 Å². The Morgan fingerprint density at radius 3 is 3.00 bits per heavy atom. The van der Waals surface area contributed by atoms with Gasteiger partial charge < -0.3 is 9.63 Å². The lowest BCUT2D eigenvalue weighted by molar-refractivity contribution is -0.133. The van der Waals surface area contributed by atoms with Crippen LogP contribution in [0.4, 0.5) is 4.39 Å². The van der Waals surface area contributed by atoms with E-state index in [2.05, 4.69) is 26.1 Å². The number of halogens is 2. The number of aromatic nitrogens is 2. The molecule has 0 saturated heterocycles. The van der Waals surface area contributed by atoms with Crippen molar-refractivity contribution in [2.24, 2.45) is 0 Å². The van der Waals surface area contributed by atoms with Gasteiger partial charge in [0, 0.05) is 10.0 Å². The van der Waals surface area contributed by atoms with Gasteiger partial charge in [-0.05, 0) is 34.1 Å². The van der Waals surface area contributed by atoms with Gasteiger partial charge in [-0.1, -0.05) is 5.16 Å². The van der Waals surface area contributed by atoms with Gasteiger partial charge in [0.2, 0.25) is 11.7 Å². The van der Waals surface area contributed by atoms with Crippen molar-refractivity contribution in [3.63, 3.8) is 0 Å². The summed E-state index contributed by atoms with van der Waals surface area (Å²) < 4.78 is 18.5. The molecule has 0 bridgehead atoms. The van der Waals surface area contributed by atoms with Crippen LogP contribution < -0.4 is 0 Å². The van der Waals surface area contributed by atoms with E-state index in [1.807, 2.05) is 0 Å². The quantitative estimate of drug-likeness (QED) is 0.896. The second-order valence-corrected chi connectivity index (χ2v) is 5.36. The van der Waals surface area contributed by atoms with Crippen LogP contribution in [0.1, 0.15) is 5.89 Å². The summed E-state index contributed by atoms with van der Waals surface area (Å²) in [4.78, 5) is 14.5. The molecule has 0 unspecified atom stereocenters. The van der Waals surface area contributed by atoms with Gasteiger partial charge in [-0.3, -0.25) is 4.79 Å². The summed E-state index contributed by atoms with van der Waals surface area (Å²) in [6.45, 7) is 0. The summed E-state index contributed by atoms with van der Waals surface area (Å²) in [7, 11) is 0. The fourth-order valence-electron chi connectivity index (χ4n) is 1.32. The monoisotopic (exact) mass is 346 g/mol. The van der Waals surface area contributed by atoms with Gasteiger partial charge in [0.1, 0.15) is 5.82 Å². The van der Waals surface area contributed by atoms with Crippen LogP contribution in [-0.2, 0) is 10.5 Å². The van der Waals surface area contributed by atoms with Crippen LogP contribution in [0.3, 0.4) is 0 Å². The first-order valence-corrected chi connectivity index (χ1v) is 7.08. The molecule has 0 fully saturated rings. The Morgan fingerprint density at radius 1 is 1.53 bits per heavy atom. The number of benzene rings is 1. The third-order valence-corrected chi connectivity index (χ3v) is 3.65. The Labute approximate surface area is 120 Å². The van der Waals surface area contributed by atoms with Crippen molar-refractivity contribution in [2.75, 3.05) is 5.75 Å². The van der Waals surface area contributed by atoms with Crippen molar-refractivity contribution < 1.29 is 18.8 Å². The van der Waals surface area contributed by atoms with E-state index in [1.54, 1.807) is 6.07 Å². The molecule has 0 amide bonds. The molecule has 0 radical (unpaired) electrons. The van der Waals surface area contributed by atoms with E-state index in [4.69, 9.17) is 9.63 Å². The smallest absolute Gasteiger partial charge is 0.313 e. The first kappa shape index (κ1) is 14.0. The summed E-state index contributed by atoms with van der Waals surface area (Å²) in [6.07, 6.45) is 0. The van der Waals surface area contributed by atoms with Crippen molar-refractivity contribution >= 4 is 33.7 Å². The first-order chi connectivity index (χ1) is 9.06. The van der Waals surface area contributed by atoms with Gasteiger partial charge in [0.25, 0.3) is 0 Å². The van der Waals surface area contributed by atoms with Gasteiger partial charge in [-0.25, -0.2) is 4.39 Å². The van der Waals surface area contributed by atoms with Gasteiger partial charge >= 0.3 is 5.97 Å². The third kappa shape index (κ3) is 3.77. The van der Waals surface area contributed by atoms with Crippen molar-refractivity contribution in [3.8, 4) is 11.4 Å². The summed E-state index contributed by atoms with van der Waals surface area (Å²) in [5, 5.41) is 12.3. The van der Waals surface area contributed by atoms with Gasteiger partial charge in [0.15, 0.2) is 0 Å². The number of carboxylic acids is 1. The maximum atomic E-state index is 13.0. The van der Waals surface area contributed by atoms with Gasteiger partial charge in [-0.2, -0.15) is 4.98 Å². The highest BCUT2D eigenvalue weighted by Crippen LogP contribution is 2.27. The zero-order valence-electron chi connectivity index (χ0n) is 9.47. The number of carboxylic acid groups (broad SMARTS) is 1. The van der Waals surface area contributed by atoms with Crippen LogP contribution in [0.2, 0.25) is 0 Å². The first-order valence-electron chi connectivity index (χ1n) is 5.14. The number of aliphatic carboxylic acids is 1. The third-order valence-electron chi connectivity index (χ3n) is 2.09. The molecule has 100 valence electrons. The number of hydrogen-bond donors (Lipinski definition) is 1. The van der Waals surface area contributed by atoms with Crippen LogP contribution in [0.25, 0.3) is 11.4 Å². The molecule has 2 rings (SSSR count). The molecule has 0 aliphatic carbocycles. The average molecular weight is 347 g/mol. The molecule has 0 spiro atoms. The minimum absolute atomic E-state index is 0.0298. The largest absolute Gasteiger partial charge is 0.481 e. The number of carbonyl (C=O) groups is 1. The molecule has 1 heterocycles. The minimum Gasteiger partial charge on any atom is -0.481 e. The summed E-state index contributed by atoms with van der Waals surface area (Å²) in [5.74, 6) is -0.312. The SMILES string of the molecule is O=C(O)CSCc1nc(-c2ccc(F)cc2Br)no1. The Bertz CT molecular complexity index is 605. The maximum Gasteiger partial charge on any atom is 0.313 e. The lowest BCUT2D eigenvalue weighted by Gasteiger charge is -1.98. The molecule has 8 heteroatoms. The van der Waals surface area contributed by atoms with Crippen LogP contribution in [-0.4, -0.2) is 27.0 Å². The highest BCUT2D eigenvalue weighted by atomic mass is 79.9. The Morgan fingerprint density at radius 2 is 2.32 bits per heavy atom. The van der Waals surface area contributed by atoms with Crippen molar-refractivity contribution in [3.05, 3.63) is 34.4 Å². The molecular weight excluding hydrogens is 339 g/mol. The number of nitrogens with zero attached hydrogens (tertiary/aromatic N) is 2. The molecule has 19 heavy (non-hydrogen) atoms. The maximum absolute atomic E-state index is 13.0. The van der Waals surface area contributed by atoms with E-state index in [1.165, 1.54) is 12.1 Å². The molecule has 1 aromatic carbocycles. The van der Waals surface area contributed by atoms with E-state index in [-0.39, 0.29) is 11.6 Å². The predicted molar refractivity (Wildman–Crippen MR) is 71.2 cm³/mol. The fraction of sp³-hybridized carbons (Fsp3) is 0.182. The van der Waals surface area contributed by atoms with E-state index in [9.17, 15) is 9.18 Å². The normalized spacial score (nSPS) is 10.6. The van der Waals surface area contributed by atoms with Crippen LogP contribution >= 0.6 is 27.7 Å². The van der Waals surface area contributed by atoms with E-state index in [0.717, 1.165) is 11.8 Å². The molecule has 1 aromatic heterocycles. The summed E-state index contributed by atoms with van der Waals surface area (Å²) in [6, 6.07) is 4.15. The Balaban J connectivity index is 2.10. The lowest BCUT2D eigenvalue weighted by atomic mass is 10.2. The zero-order valence-corrected chi connectivity index (χ0v) is 11.9. The molecule has 0 aliphatic rings. The molecular formula is C11H8BrFN2O3S. The molecule has 0 aliphatic heterocycles. The second-order valence-electron chi connectivity index (χ2n) is 3.52. The summed E-state index contributed by atoms with van der Waals surface area (Å²) >= 11 is 4.38. The Kier molecular flexibility index (Phi) is 4.54. The molecule has 0 saturated carbocycles. The van der Waals surface area contributed by atoms with Crippen molar-refractivity contribution in [1.82, 2.24) is 10.1 Å². The van der Waals surface area contributed by atoms with Crippen LogP contribution in [0, 0.1) is 5.82 Å². The Hall–Kier alpha value is -1.41. The standard InChI is InChI=1S/C11H8BrFN2O3S/c12-8-3-6(13)1-2-7(8)11-14-9(18-15-11)4-19-5-10(16)17/h1-3H,4-5H2,(H,16,17). The van der Waals surface area contributed by atoms with Gasteiger partial charge in [-0.15, -0.1) is 11.8 Å². The second kappa shape index (κ2) is 6.16. The van der Waals surface area contributed by atoms with E-state index < -0.39 is 5.97 Å². The zero-order chi connectivity index (χ0) is 13.8. The van der Waals surface area contributed by atoms with E-state index >= 15 is 0 Å². The molecule has 1 N–H and O–H groups in total. The van der Waals surface area contributed by atoms with Crippen LogP contribution in [0.15, 0.2) is 27.2 Å². The highest BCUT2D eigenvalue weighted by Gasteiger charge is 2.12. The summed E-state index contributed by atoms with van der Waals surface area (Å²) in [5.41, 5.74) is 0.611. The van der Waals surface area contributed by atoms with E-state index in [0.29, 0.717) is 27.5 Å². The van der Waals surface area contributed by atoms with Crippen molar-refractivity contribution in [2.45, 2.75) is 5.75 Å². The lowest BCUT2D eigenvalue weighted by Crippen LogP contribution is -1.98. The fourth-order valence-corrected chi connectivity index (χ4v) is 2.42. The average Bonchev–Trinajstić information content (AvgIpc) is 2.77. The molecule has 5 nitrogen and oxygen atoms in total. The topological polar surface area (TPSA) is 76.2 Å². The highest BCUT2D eigenvalue weighted by molar-refractivity contribution is 9.10. The number of rotatable bonds is 5. The number of thioether (sulfide) groups is 1. The van der Waals surface area contributed by atoms with Gasteiger partial charge in [0.05, 0.1) is 11.5 Å². The number of hydrogen-bond acceptors (Lipinski definition) is 5. The predicted octanol–water partition coefficient (Wildman–Crippen LogP) is 2.96. The van der Waals surface area contributed by atoms with Crippen LogP contribution in [0.5, 0.6) is 0 Å². The molecule has 2 aromatic rings. The minimum atomic E-state index is -0.897.